The van der Waals surface area contributed by atoms with Gasteiger partial charge in [0.2, 0.25) is 0 Å². The summed E-state index contributed by atoms with van der Waals surface area (Å²) < 4.78 is 2.06. The zero-order chi connectivity index (χ0) is 14.4. The highest BCUT2D eigenvalue weighted by molar-refractivity contribution is 7.99. The van der Waals surface area contributed by atoms with Crippen LogP contribution in [0, 0.1) is 0 Å². The van der Waals surface area contributed by atoms with Gasteiger partial charge in [-0.15, -0.1) is 0 Å². The standard InChI is InChI=1S/C14H27N5S/c1-4-6-19-14(16-11-17-19)9-12(15-5-2)13-10-20-8-7-18(13)3/h11-13,15H,4-10H2,1-3H3. The van der Waals surface area contributed by atoms with E-state index in [2.05, 4.69) is 57.6 Å². The number of nitrogens with zero attached hydrogens (tertiary/aromatic N) is 4. The van der Waals surface area contributed by atoms with Gasteiger partial charge < -0.3 is 10.2 Å². The number of hydrogen-bond donors (Lipinski definition) is 1. The summed E-state index contributed by atoms with van der Waals surface area (Å²) in [5, 5.41) is 8.00. The molecule has 114 valence electrons. The molecule has 2 atom stereocenters. The minimum atomic E-state index is 0.456. The molecule has 1 aromatic rings. The lowest BCUT2D eigenvalue weighted by atomic mass is 10.0. The molecular weight excluding hydrogens is 270 g/mol. The molecular formula is C14H27N5S. The number of rotatable bonds is 7. The number of aromatic nitrogens is 3. The third-order valence-electron chi connectivity index (χ3n) is 3.91. The number of thioether (sulfide) groups is 1. The van der Waals surface area contributed by atoms with Gasteiger partial charge in [-0.1, -0.05) is 13.8 Å². The molecule has 20 heavy (non-hydrogen) atoms. The van der Waals surface area contributed by atoms with Crippen LogP contribution in [0.3, 0.4) is 0 Å². The van der Waals surface area contributed by atoms with E-state index in [4.69, 9.17) is 0 Å². The average molecular weight is 297 g/mol. The predicted molar refractivity (Wildman–Crippen MR) is 85.2 cm³/mol. The van der Waals surface area contributed by atoms with Gasteiger partial charge >= 0.3 is 0 Å². The molecule has 2 unspecified atom stereocenters. The van der Waals surface area contributed by atoms with E-state index < -0.39 is 0 Å². The van der Waals surface area contributed by atoms with Crippen molar-refractivity contribution in [1.29, 1.82) is 0 Å². The molecule has 0 amide bonds. The average Bonchev–Trinajstić information content (AvgIpc) is 2.87. The van der Waals surface area contributed by atoms with Gasteiger partial charge in [-0.3, -0.25) is 4.68 Å². The van der Waals surface area contributed by atoms with E-state index in [0.29, 0.717) is 12.1 Å². The van der Waals surface area contributed by atoms with Crippen LogP contribution in [0.5, 0.6) is 0 Å². The molecule has 0 bridgehead atoms. The summed E-state index contributed by atoms with van der Waals surface area (Å²) in [5.74, 6) is 3.57. The lowest BCUT2D eigenvalue weighted by Crippen LogP contribution is -2.53. The van der Waals surface area contributed by atoms with E-state index in [9.17, 15) is 0 Å². The Balaban J connectivity index is 2.06. The van der Waals surface area contributed by atoms with Crippen molar-refractivity contribution in [2.75, 3.05) is 31.6 Å². The fourth-order valence-electron chi connectivity index (χ4n) is 2.78. The highest BCUT2D eigenvalue weighted by Crippen LogP contribution is 2.19. The van der Waals surface area contributed by atoms with Gasteiger partial charge in [0, 0.05) is 43.1 Å². The van der Waals surface area contributed by atoms with Crippen LogP contribution < -0.4 is 5.32 Å². The van der Waals surface area contributed by atoms with Crippen LogP contribution in [0.25, 0.3) is 0 Å². The second kappa shape index (κ2) is 8.00. The Morgan fingerprint density at radius 3 is 3.05 bits per heavy atom. The van der Waals surface area contributed by atoms with Crippen LogP contribution in [0.15, 0.2) is 6.33 Å². The second-order valence-corrected chi connectivity index (χ2v) is 6.54. The highest BCUT2D eigenvalue weighted by Gasteiger charge is 2.28. The molecule has 1 saturated heterocycles. The summed E-state index contributed by atoms with van der Waals surface area (Å²) in [7, 11) is 2.24. The minimum Gasteiger partial charge on any atom is -0.312 e. The fourth-order valence-corrected chi connectivity index (χ4v) is 4.09. The Kier molecular flexibility index (Phi) is 6.32. The SMILES string of the molecule is CCCn1ncnc1CC(NCC)C1CSCCN1C. The van der Waals surface area contributed by atoms with Crippen LogP contribution in [0.1, 0.15) is 26.1 Å². The number of aryl methyl sites for hydroxylation is 1. The molecule has 1 aliphatic rings. The number of hydrogen-bond acceptors (Lipinski definition) is 5. The Morgan fingerprint density at radius 2 is 2.35 bits per heavy atom. The molecule has 0 radical (unpaired) electrons. The maximum absolute atomic E-state index is 4.46. The topological polar surface area (TPSA) is 46.0 Å². The first kappa shape index (κ1) is 15.8. The van der Waals surface area contributed by atoms with Gasteiger partial charge in [-0.05, 0) is 20.0 Å². The molecule has 6 heteroatoms. The fraction of sp³-hybridized carbons (Fsp3) is 0.857. The quantitative estimate of drug-likeness (QED) is 0.821. The summed E-state index contributed by atoms with van der Waals surface area (Å²) >= 11 is 2.06. The molecule has 2 heterocycles. The highest BCUT2D eigenvalue weighted by atomic mass is 32.2. The van der Waals surface area contributed by atoms with Crippen LogP contribution in [-0.4, -0.2) is 63.4 Å². The third-order valence-corrected chi connectivity index (χ3v) is 4.96. The van der Waals surface area contributed by atoms with Crippen molar-refractivity contribution >= 4 is 11.8 Å². The van der Waals surface area contributed by atoms with Crippen molar-refractivity contribution in [3.63, 3.8) is 0 Å². The second-order valence-electron chi connectivity index (χ2n) is 5.39. The van der Waals surface area contributed by atoms with Crippen LogP contribution >= 0.6 is 11.8 Å². The van der Waals surface area contributed by atoms with Crippen LogP contribution in [-0.2, 0) is 13.0 Å². The van der Waals surface area contributed by atoms with E-state index in [1.54, 1.807) is 6.33 Å². The van der Waals surface area contributed by atoms with E-state index in [0.717, 1.165) is 31.8 Å². The molecule has 1 aromatic heterocycles. The van der Waals surface area contributed by atoms with Crippen molar-refractivity contribution in [1.82, 2.24) is 25.0 Å². The van der Waals surface area contributed by atoms with E-state index >= 15 is 0 Å². The molecule has 1 N–H and O–H groups in total. The van der Waals surface area contributed by atoms with Gasteiger partial charge in [0.1, 0.15) is 12.2 Å². The van der Waals surface area contributed by atoms with Crippen molar-refractivity contribution in [3.05, 3.63) is 12.2 Å². The summed E-state index contributed by atoms with van der Waals surface area (Å²) in [6.07, 6.45) is 3.75. The first-order valence-corrected chi connectivity index (χ1v) is 8.79. The van der Waals surface area contributed by atoms with Crippen molar-refractivity contribution in [2.24, 2.45) is 0 Å². The maximum Gasteiger partial charge on any atom is 0.138 e. The first-order valence-electron chi connectivity index (χ1n) is 7.64. The van der Waals surface area contributed by atoms with Gasteiger partial charge in [0.05, 0.1) is 0 Å². The maximum atomic E-state index is 4.46. The number of nitrogens with one attached hydrogen (secondary N) is 1. The van der Waals surface area contributed by atoms with Crippen molar-refractivity contribution in [2.45, 2.75) is 45.3 Å². The molecule has 0 saturated carbocycles. The zero-order valence-electron chi connectivity index (χ0n) is 12.9. The molecule has 0 aliphatic carbocycles. The first-order chi connectivity index (χ1) is 9.76. The normalized spacial score (nSPS) is 22.1. The van der Waals surface area contributed by atoms with Crippen LogP contribution in [0.2, 0.25) is 0 Å². The lowest BCUT2D eigenvalue weighted by Gasteiger charge is -2.38. The van der Waals surface area contributed by atoms with Crippen molar-refractivity contribution in [3.8, 4) is 0 Å². The smallest absolute Gasteiger partial charge is 0.138 e. The monoisotopic (exact) mass is 297 g/mol. The minimum absolute atomic E-state index is 0.456. The number of likely N-dealkylation sites (N-methyl/N-ethyl adjacent to an activating group) is 2. The van der Waals surface area contributed by atoms with Crippen molar-refractivity contribution < 1.29 is 0 Å². The Bertz CT molecular complexity index is 395. The Labute approximate surface area is 126 Å². The van der Waals surface area contributed by atoms with E-state index in [-0.39, 0.29) is 0 Å². The van der Waals surface area contributed by atoms with Gasteiger partial charge in [0.25, 0.3) is 0 Å². The molecule has 1 aliphatic heterocycles. The van der Waals surface area contributed by atoms with Gasteiger partial charge in [0.15, 0.2) is 0 Å². The summed E-state index contributed by atoms with van der Waals surface area (Å²) in [4.78, 5) is 6.95. The molecule has 0 spiro atoms. The largest absolute Gasteiger partial charge is 0.312 e. The van der Waals surface area contributed by atoms with Crippen LogP contribution in [0.4, 0.5) is 0 Å². The summed E-state index contributed by atoms with van der Waals surface area (Å²) in [5.41, 5.74) is 0. The molecule has 5 nitrogen and oxygen atoms in total. The lowest BCUT2D eigenvalue weighted by molar-refractivity contribution is 0.212. The van der Waals surface area contributed by atoms with E-state index in [1.165, 1.54) is 18.1 Å². The predicted octanol–water partition coefficient (Wildman–Crippen LogP) is 1.26. The molecule has 0 aromatic carbocycles. The molecule has 2 rings (SSSR count). The van der Waals surface area contributed by atoms with Gasteiger partial charge in [-0.2, -0.15) is 16.9 Å². The Morgan fingerprint density at radius 1 is 1.50 bits per heavy atom. The summed E-state index contributed by atoms with van der Waals surface area (Å²) in [6, 6.07) is 1.04. The van der Waals surface area contributed by atoms with E-state index in [1.807, 2.05) is 0 Å². The zero-order valence-corrected chi connectivity index (χ0v) is 13.7. The van der Waals surface area contributed by atoms with Gasteiger partial charge in [-0.25, -0.2) is 4.98 Å². The molecule has 1 fully saturated rings. The third kappa shape index (κ3) is 3.96. The summed E-state index contributed by atoms with van der Waals surface area (Å²) in [6.45, 7) is 7.50. The Hall–Kier alpha value is -0.590.